The highest BCUT2D eigenvalue weighted by Gasteiger charge is 2.09. The fraction of sp³-hybridized carbons (Fsp3) is 0.357. The van der Waals surface area contributed by atoms with E-state index in [0.717, 1.165) is 17.0 Å². The molecular weight excluding hydrogens is 288 g/mol. The number of nitrogens with zero attached hydrogens (tertiary/aromatic N) is 2. The van der Waals surface area contributed by atoms with E-state index >= 15 is 0 Å². The number of rotatable bonds is 5. The Hall–Kier alpha value is -1.86. The number of hydrogen-bond donors (Lipinski definition) is 2. The van der Waals surface area contributed by atoms with E-state index in [2.05, 4.69) is 29.2 Å². The maximum atomic E-state index is 11.4. The minimum absolute atomic E-state index is 0.388. The fourth-order valence-electron chi connectivity index (χ4n) is 1.71. The third-order valence-corrected chi connectivity index (χ3v) is 3.99. The molecule has 0 amide bonds. The molecule has 0 spiro atoms. The summed E-state index contributed by atoms with van der Waals surface area (Å²) in [6.45, 7) is 4.91. The molecule has 0 saturated heterocycles. The van der Waals surface area contributed by atoms with Gasteiger partial charge in [0.05, 0.1) is 0 Å². The van der Waals surface area contributed by atoms with Crippen LogP contribution in [0, 0.1) is 0 Å². The first-order valence-electron chi connectivity index (χ1n) is 6.64. The van der Waals surface area contributed by atoms with Crippen LogP contribution in [0.1, 0.15) is 19.4 Å². The first kappa shape index (κ1) is 15.5. The predicted molar refractivity (Wildman–Crippen MR) is 82.6 cm³/mol. The second-order valence-electron chi connectivity index (χ2n) is 4.94. The van der Waals surface area contributed by atoms with Crippen LogP contribution in [-0.2, 0) is 13.6 Å². The molecule has 0 fully saturated rings. The molecule has 0 aliphatic carbocycles. The number of H-pyrrole nitrogens is 1. The van der Waals surface area contributed by atoms with Gasteiger partial charge in [0.25, 0.3) is 0 Å². The van der Waals surface area contributed by atoms with Crippen LogP contribution in [-0.4, -0.2) is 20.8 Å². The first-order valence-corrected chi connectivity index (χ1v) is 7.45. The van der Waals surface area contributed by atoms with E-state index in [1.54, 1.807) is 7.05 Å². The zero-order chi connectivity index (χ0) is 15.4. The third-order valence-electron chi connectivity index (χ3n) is 2.82. The summed E-state index contributed by atoms with van der Waals surface area (Å²) in [6.07, 6.45) is 0. The smallest absolute Gasteiger partial charge is 0.310 e. The van der Waals surface area contributed by atoms with Crippen molar-refractivity contribution in [3.8, 4) is 0 Å². The van der Waals surface area contributed by atoms with Crippen LogP contribution in [0.4, 0.5) is 0 Å². The molecule has 1 aromatic carbocycles. The predicted octanol–water partition coefficient (Wildman–Crippen LogP) is 1.12. The molecule has 0 atom stereocenters. The van der Waals surface area contributed by atoms with Gasteiger partial charge in [0.2, 0.25) is 0 Å². The van der Waals surface area contributed by atoms with Gasteiger partial charge >= 0.3 is 11.1 Å². The molecule has 0 aliphatic rings. The van der Waals surface area contributed by atoms with Crippen molar-refractivity contribution in [2.75, 3.05) is 0 Å². The molecule has 0 radical (unpaired) electrons. The van der Waals surface area contributed by atoms with Crippen molar-refractivity contribution in [1.82, 2.24) is 20.1 Å². The summed E-state index contributed by atoms with van der Waals surface area (Å²) in [5, 5.41) is 6.26. The average molecular weight is 306 g/mol. The van der Waals surface area contributed by atoms with Crippen LogP contribution >= 0.6 is 11.8 Å². The molecule has 0 aliphatic heterocycles. The Labute approximate surface area is 126 Å². The van der Waals surface area contributed by atoms with Gasteiger partial charge in [-0.1, -0.05) is 32.0 Å². The highest BCUT2D eigenvalue weighted by Crippen LogP contribution is 2.27. The molecular formula is C14H18N4O2S. The van der Waals surface area contributed by atoms with Crippen molar-refractivity contribution in [3.05, 3.63) is 50.5 Å². The Balaban J connectivity index is 2.29. The Kier molecular flexibility index (Phi) is 4.98. The summed E-state index contributed by atoms with van der Waals surface area (Å²) in [6, 6.07) is 8.30. The number of aryl methyl sites for hydroxylation is 1. The lowest BCUT2D eigenvalue weighted by atomic mass is 10.2. The first-order chi connectivity index (χ1) is 9.97. The van der Waals surface area contributed by atoms with E-state index in [4.69, 9.17) is 0 Å². The van der Waals surface area contributed by atoms with E-state index in [-0.39, 0.29) is 0 Å². The zero-order valence-electron chi connectivity index (χ0n) is 12.2. The highest BCUT2D eigenvalue weighted by molar-refractivity contribution is 7.99. The number of aromatic nitrogens is 3. The Morgan fingerprint density at radius 1 is 1.33 bits per heavy atom. The van der Waals surface area contributed by atoms with Crippen molar-refractivity contribution >= 4 is 11.8 Å². The molecule has 2 N–H and O–H groups in total. The Morgan fingerprint density at radius 2 is 2.05 bits per heavy atom. The lowest BCUT2D eigenvalue weighted by molar-refractivity contribution is 0.583. The Bertz CT molecular complexity index is 736. The van der Waals surface area contributed by atoms with Crippen LogP contribution in [0.25, 0.3) is 0 Å². The van der Waals surface area contributed by atoms with Crippen molar-refractivity contribution in [3.63, 3.8) is 0 Å². The van der Waals surface area contributed by atoms with Crippen molar-refractivity contribution in [2.24, 2.45) is 7.05 Å². The SMILES string of the molecule is CC(C)NCc1ccccc1Sc1nc(=O)c(=O)[nH]n1C. The van der Waals surface area contributed by atoms with E-state index in [1.807, 2.05) is 24.3 Å². The number of hydrogen-bond acceptors (Lipinski definition) is 5. The normalized spacial score (nSPS) is 11.0. The van der Waals surface area contributed by atoms with Gasteiger partial charge in [-0.25, -0.2) is 0 Å². The topological polar surface area (TPSA) is 79.8 Å². The zero-order valence-corrected chi connectivity index (χ0v) is 13.0. The summed E-state index contributed by atoms with van der Waals surface area (Å²) in [5.74, 6) is 0. The molecule has 112 valence electrons. The van der Waals surface area contributed by atoms with Gasteiger partial charge in [0.1, 0.15) is 0 Å². The molecule has 0 saturated carbocycles. The van der Waals surface area contributed by atoms with Gasteiger partial charge < -0.3 is 5.32 Å². The second kappa shape index (κ2) is 6.73. The third kappa shape index (κ3) is 4.05. The van der Waals surface area contributed by atoms with Crippen LogP contribution in [0.5, 0.6) is 0 Å². The highest BCUT2D eigenvalue weighted by atomic mass is 32.2. The maximum Gasteiger partial charge on any atom is 0.339 e. The van der Waals surface area contributed by atoms with Crippen LogP contribution < -0.4 is 16.4 Å². The van der Waals surface area contributed by atoms with Gasteiger partial charge in [-0.3, -0.25) is 19.4 Å². The largest absolute Gasteiger partial charge is 0.339 e. The average Bonchev–Trinajstić information content (AvgIpc) is 2.43. The lowest BCUT2D eigenvalue weighted by Gasteiger charge is -2.12. The molecule has 0 bridgehead atoms. The van der Waals surface area contributed by atoms with Gasteiger partial charge in [0, 0.05) is 24.5 Å². The number of benzene rings is 1. The summed E-state index contributed by atoms with van der Waals surface area (Å²) in [5.41, 5.74) is -0.360. The van der Waals surface area contributed by atoms with Crippen molar-refractivity contribution in [1.29, 1.82) is 0 Å². The van der Waals surface area contributed by atoms with Crippen molar-refractivity contribution < 1.29 is 0 Å². The lowest BCUT2D eigenvalue weighted by Crippen LogP contribution is -2.33. The summed E-state index contributed by atoms with van der Waals surface area (Å²) in [7, 11) is 1.66. The minimum atomic E-state index is -0.770. The van der Waals surface area contributed by atoms with E-state index in [1.165, 1.54) is 16.4 Å². The molecule has 0 unspecified atom stereocenters. The van der Waals surface area contributed by atoms with Crippen LogP contribution in [0.2, 0.25) is 0 Å². The number of nitrogens with one attached hydrogen (secondary N) is 2. The Morgan fingerprint density at radius 3 is 2.76 bits per heavy atom. The summed E-state index contributed by atoms with van der Waals surface area (Å²) < 4.78 is 1.46. The quantitative estimate of drug-likeness (QED) is 0.809. The second-order valence-corrected chi connectivity index (χ2v) is 5.95. The van der Waals surface area contributed by atoms with Gasteiger partial charge in [-0.2, -0.15) is 4.98 Å². The molecule has 7 heteroatoms. The molecule has 2 rings (SSSR count). The molecule has 2 aromatic rings. The molecule has 1 heterocycles. The standard InChI is InChI=1S/C14H18N4O2S/c1-9(2)15-8-10-6-4-5-7-11(10)21-14-16-12(19)13(20)17-18(14)3/h4-7,9,15H,8H2,1-3H3,(H,17,20). The van der Waals surface area contributed by atoms with Gasteiger partial charge in [-0.15, -0.1) is 0 Å². The van der Waals surface area contributed by atoms with Crippen LogP contribution in [0.3, 0.4) is 0 Å². The summed E-state index contributed by atoms with van der Waals surface area (Å²) in [4.78, 5) is 27.4. The summed E-state index contributed by atoms with van der Waals surface area (Å²) >= 11 is 1.36. The molecule has 1 aromatic heterocycles. The van der Waals surface area contributed by atoms with E-state index in [9.17, 15) is 9.59 Å². The number of aromatic amines is 1. The van der Waals surface area contributed by atoms with E-state index in [0.29, 0.717) is 11.2 Å². The van der Waals surface area contributed by atoms with E-state index < -0.39 is 11.1 Å². The van der Waals surface area contributed by atoms with Crippen molar-refractivity contribution in [2.45, 2.75) is 36.5 Å². The monoisotopic (exact) mass is 306 g/mol. The molecule has 21 heavy (non-hydrogen) atoms. The maximum absolute atomic E-state index is 11.4. The van der Waals surface area contributed by atoms with Gasteiger partial charge in [0.15, 0.2) is 5.16 Å². The van der Waals surface area contributed by atoms with Gasteiger partial charge in [-0.05, 0) is 23.4 Å². The fourth-order valence-corrected chi connectivity index (χ4v) is 2.64. The minimum Gasteiger partial charge on any atom is -0.310 e. The van der Waals surface area contributed by atoms with Crippen LogP contribution in [0.15, 0.2) is 43.9 Å². The molecule has 6 nitrogen and oxygen atoms in total.